The molecule has 1 aromatic carbocycles. The molecule has 0 bridgehead atoms. The molecule has 1 unspecified atom stereocenters. The minimum atomic E-state index is -0.583. The third-order valence-electron chi connectivity index (χ3n) is 3.78. The Labute approximate surface area is 102 Å². The summed E-state index contributed by atoms with van der Waals surface area (Å²) in [6.45, 7) is 6.52. The van der Waals surface area contributed by atoms with Crippen LogP contribution in [-0.2, 0) is 7.05 Å². The van der Waals surface area contributed by atoms with Crippen molar-refractivity contribution in [3.05, 3.63) is 34.5 Å². The number of nitrogens with two attached hydrogens (primary N) is 1. The highest BCUT2D eigenvalue weighted by Crippen LogP contribution is 2.32. The number of fused-ring (bicyclic) bond motifs is 1. The molecule has 3 nitrogen and oxygen atoms in total. The van der Waals surface area contributed by atoms with Gasteiger partial charge in [0.05, 0.1) is 11.6 Å². The van der Waals surface area contributed by atoms with Gasteiger partial charge in [-0.25, -0.2) is 0 Å². The third-order valence-corrected chi connectivity index (χ3v) is 3.78. The quantitative estimate of drug-likeness (QED) is 0.833. The van der Waals surface area contributed by atoms with Crippen LogP contribution in [0, 0.1) is 20.8 Å². The van der Waals surface area contributed by atoms with Crippen LogP contribution in [0.5, 0.6) is 0 Å². The van der Waals surface area contributed by atoms with Crippen molar-refractivity contribution in [3.63, 3.8) is 0 Å². The highest BCUT2D eigenvalue weighted by atomic mass is 16.3. The summed E-state index contributed by atoms with van der Waals surface area (Å²) in [7, 11) is 2.04. The number of hydrogen-bond donors (Lipinski definition) is 2. The van der Waals surface area contributed by atoms with E-state index >= 15 is 0 Å². The predicted molar refractivity (Wildman–Crippen MR) is 71.1 cm³/mol. The van der Waals surface area contributed by atoms with Crippen LogP contribution in [0.2, 0.25) is 0 Å². The lowest BCUT2D eigenvalue weighted by atomic mass is 10.0. The van der Waals surface area contributed by atoms with Gasteiger partial charge in [-0.05, 0) is 31.9 Å². The molecule has 3 heteroatoms. The summed E-state index contributed by atoms with van der Waals surface area (Å²) in [5.74, 6) is 0. The van der Waals surface area contributed by atoms with E-state index in [0.717, 1.165) is 16.6 Å². The van der Waals surface area contributed by atoms with Crippen molar-refractivity contribution < 1.29 is 5.11 Å². The Hall–Kier alpha value is -1.32. The molecule has 1 aromatic heterocycles. The Morgan fingerprint density at radius 2 is 1.94 bits per heavy atom. The Morgan fingerprint density at radius 3 is 2.53 bits per heavy atom. The highest BCUT2D eigenvalue weighted by molar-refractivity contribution is 5.89. The van der Waals surface area contributed by atoms with Crippen LogP contribution >= 0.6 is 0 Å². The first kappa shape index (κ1) is 12.1. The molecule has 0 spiro atoms. The zero-order valence-electron chi connectivity index (χ0n) is 10.9. The van der Waals surface area contributed by atoms with Gasteiger partial charge in [-0.15, -0.1) is 0 Å². The average molecular weight is 232 g/mol. The van der Waals surface area contributed by atoms with Gasteiger partial charge in [0, 0.05) is 30.2 Å². The Kier molecular flexibility index (Phi) is 2.98. The Morgan fingerprint density at radius 1 is 1.29 bits per heavy atom. The number of benzene rings is 1. The van der Waals surface area contributed by atoms with Gasteiger partial charge < -0.3 is 15.4 Å². The van der Waals surface area contributed by atoms with Gasteiger partial charge in [0.1, 0.15) is 0 Å². The normalized spacial score (nSPS) is 13.3. The van der Waals surface area contributed by atoms with Crippen molar-refractivity contribution in [1.29, 1.82) is 0 Å². The van der Waals surface area contributed by atoms with E-state index in [1.165, 1.54) is 16.6 Å². The molecule has 3 N–H and O–H groups in total. The Balaban J connectivity index is 2.87. The number of hydrogen-bond acceptors (Lipinski definition) is 2. The smallest absolute Gasteiger partial charge is 0.0935 e. The van der Waals surface area contributed by atoms with Gasteiger partial charge in [-0.2, -0.15) is 0 Å². The average Bonchev–Trinajstić information content (AvgIpc) is 2.57. The summed E-state index contributed by atoms with van der Waals surface area (Å²) < 4.78 is 2.14. The summed E-state index contributed by atoms with van der Waals surface area (Å²) in [6.07, 6.45) is -0.583. The molecule has 0 saturated heterocycles. The molecule has 0 aliphatic carbocycles. The third kappa shape index (κ3) is 1.66. The molecule has 0 fully saturated rings. The van der Waals surface area contributed by atoms with Gasteiger partial charge in [0.2, 0.25) is 0 Å². The molecular formula is C14H20N2O. The second-order valence-electron chi connectivity index (χ2n) is 4.71. The number of aromatic nitrogens is 1. The maximum atomic E-state index is 10.0. The summed E-state index contributed by atoms with van der Waals surface area (Å²) >= 11 is 0. The van der Waals surface area contributed by atoms with Crippen LogP contribution in [0.1, 0.15) is 28.5 Å². The van der Waals surface area contributed by atoms with E-state index in [2.05, 4.69) is 30.5 Å². The van der Waals surface area contributed by atoms with E-state index < -0.39 is 6.10 Å². The van der Waals surface area contributed by atoms with Crippen LogP contribution in [0.4, 0.5) is 0 Å². The van der Waals surface area contributed by atoms with E-state index in [1.54, 1.807) is 0 Å². The molecule has 17 heavy (non-hydrogen) atoms. The van der Waals surface area contributed by atoms with Crippen molar-refractivity contribution in [2.75, 3.05) is 6.54 Å². The lowest BCUT2D eigenvalue weighted by Crippen LogP contribution is -2.12. The van der Waals surface area contributed by atoms with Gasteiger partial charge in [0.25, 0.3) is 0 Å². The van der Waals surface area contributed by atoms with Crippen LogP contribution in [0.3, 0.4) is 0 Å². The fourth-order valence-electron chi connectivity index (χ4n) is 2.53. The molecule has 92 valence electrons. The summed E-state index contributed by atoms with van der Waals surface area (Å²) in [5.41, 5.74) is 11.4. The largest absolute Gasteiger partial charge is 0.387 e. The first-order chi connectivity index (χ1) is 7.99. The molecule has 1 heterocycles. The van der Waals surface area contributed by atoms with E-state index in [-0.39, 0.29) is 6.54 Å². The number of nitrogens with zero attached hydrogens (tertiary/aromatic N) is 1. The summed E-state index contributed by atoms with van der Waals surface area (Å²) in [4.78, 5) is 0. The summed E-state index contributed by atoms with van der Waals surface area (Å²) in [5, 5.41) is 11.2. The standard InChI is InChI=1S/C14H20N2O/c1-8-5-6-11-13(12(17)7-15)10(3)16(4)14(11)9(8)2/h5-6,12,17H,7,15H2,1-4H3. The molecule has 2 rings (SSSR count). The maximum absolute atomic E-state index is 10.0. The molecule has 0 saturated carbocycles. The SMILES string of the molecule is Cc1ccc2c(C(O)CN)c(C)n(C)c2c1C. The molecule has 0 aliphatic rings. The van der Waals surface area contributed by atoms with Crippen molar-refractivity contribution in [2.45, 2.75) is 26.9 Å². The van der Waals surface area contributed by atoms with E-state index in [9.17, 15) is 5.11 Å². The fourth-order valence-corrected chi connectivity index (χ4v) is 2.53. The van der Waals surface area contributed by atoms with Crippen molar-refractivity contribution >= 4 is 10.9 Å². The number of aliphatic hydroxyl groups is 1. The zero-order valence-corrected chi connectivity index (χ0v) is 10.9. The van der Waals surface area contributed by atoms with Crippen LogP contribution in [-0.4, -0.2) is 16.2 Å². The first-order valence-corrected chi connectivity index (χ1v) is 5.92. The van der Waals surface area contributed by atoms with Crippen molar-refractivity contribution in [3.8, 4) is 0 Å². The zero-order chi connectivity index (χ0) is 12.7. The van der Waals surface area contributed by atoms with Crippen LogP contribution in [0.15, 0.2) is 12.1 Å². The second kappa shape index (κ2) is 4.17. The van der Waals surface area contributed by atoms with E-state index in [4.69, 9.17) is 5.73 Å². The fraction of sp³-hybridized carbons (Fsp3) is 0.429. The minimum Gasteiger partial charge on any atom is -0.387 e. The van der Waals surface area contributed by atoms with E-state index in [1.807, 2.05) is 14.0 Å². The van der Waals surface area contributed by atoms with Gasteiger partial charge in [-0.3, -0.25) is 0 Å². The molecular weight excluding hydrogens is 212 g/mol. The summed E-state index contributed by atoms with van der Waals surface area (Å²) in [6, 6.07) is 4.18. The number of aryl methyl sites for hydroxylation is 3. The van der Waals surface area contributed by atoms with Crippen LogP contribution < -0.4 is 5.73 Å². The molecule has 0 amide bonds. The molecule has 0 radical (unpaired) electrons. The molecule has 0 aliphatic heterocycles. The predicted octanol–water partition coefficient (Wildman–Crippen LogP) is 2.10. The molecule has 2 aromatic rings. The van der Waals surface area contributed by atoms with Gasteiger partial charge in [-0.1, -0.05) is 12.1 Å². The lowest BCUT2D eigenvalue weighted by Gasteiger charge is -2.08. The first-order valence-electron chi connectivity index (χ1n) is 5.92. The van der Waals surface area contributed by atoms with Gasteiger partial charge >= 0.3 is 0 Å². The van der Waals surface area contributed by atoms with Gasteiger partial charge in [0.15, 0.2) is 0 Å². The maximum Gasteiger partial charge on any atom is 0.0935 e. The van der Waals surface area contributed by atoms with Crippen LogP contribution in [0.25, 0.3) is 10.9 Å². The Bertz CT molecular complexity index is 569. The van der Waals surface area contributed by atoms with Crippen molar-refractivity contribution in [2.24, 2.45) is 12.8 Å². The number of aliphatic hydroxyl groups excluding tert-OH is 1. The lowest BCUT2D eigenvalue weighted by molar-refractivity contribution is 0.187. The highest BCUT2D eigenvalue weighted by Gasteiger charge is 2.19. The van der Waals surface area contributed by atoms with Crippen molar-refractivity contribution in [1.82, 2.24) is 4.57 Å². The van der Waals surface area contributed by atoms with E-state index in [0.29, 0.717) is 0 Å². The molecule has 1 atom stereocenters. The second-order valence-corrected chi connectivity index (χ2v) is 4.71. The monoisotopic (exact) mass is 232 g/mol. The minimum absolute atomic E-state index is 0.257. The topological polar surface area (TPSA) is 51.2 Å². The number of rotatable bonds is 2.